The zero-order chi connectivity index (χ0) is 18.6. The van der Waals surface area contributed by atoms with E-state index >= 15 is 0 Å². The van der Waals surface area contributed by atoms with E-state index in [1.807, 2.05) is 0 Å². The normalized spacial score (nSPS) is 37.7. The zero-order valence-electron chi connectivity index (χ0n) is 15.5. The highest BCUT2D eigenvalue weighted by Crippen LogP contribution is 2.59. The molecule has 2 aliphatic carbocycles. The van der Waals surface area contributed by atoms with Crippen molar-refractivity contribution in [3.63, 3.8) is 0 Å². The minimum Gasteiger partial charge on any atom is -0.429 e. The van der Waals surface area contributed by atoms with Gasteiger partial charge in [-0.05, 0) is 55.1 Å². The number of aliphatic hydroxyl groups excluding tert-OH is 2. The Kier molecular flexibility index (Phi) is 4.44. The predicted octanol–water partition coefficient (Wildman–Crippen LogP) is 2.66. The number of esters is 1. The van der Waals surface area contributed by atoms with Crippen molar-refractivity contribution < 1.29 is 24.5 Å². The van der Waals surface area contributed by atoms with E-state index in [2.05, 4.69) is 20.8 Å². The predicted molar refractivity (Wildman–Crippen MR) is 92.4 cm³/mol. The van der Waals surface area contributed by atoms with E-state index in [4.69, 9.17) is 4.74 Å². The van der Waals surface area contributed by atoms with E-state index < -0.39 is 18.4 Å². The summed E-state index contributed by atoms with van der Waals surface area (Å²) < 4.78 is 4.74. The molecule has 1 aliphatic heterocycles. The minimum absolute atomic E-state index is 0.115. The Morgan fingerprint density at radius 1 is 1.16 bits per heavy atom. The van der Waals surface area contributed by atoms with Crippen molar-refractivity contribution in [3.8, 4) is 0 Å². The molecule has 25 heavy (non-hydrogen) atoms. The first-order chi connectivity index (χ1) is 11.6. The molecule has 3 aliphatic rings. The van der Waals surface area contributed by atoms with Crippen molar-refractivity contribution >= 4 is 11.8 Å². The van der Waals surface area contributed by atoms with Gasteiger partial charge in [-0.25, -0.2) is 4.79 Å². The number of hydrogen-bond acceptors (Lipinski definition) is 5. The van der Waals surface area contributed by atoms with Gasteiger partial charge < -0.3 is 14.9 Å². The fourth-order valence-electron chi connectivity index (χ4n) is 5.53. The third-order valence-electron chi connectivity index (χ3n) is 6.62. The van der Waals surface area contributed by atoms with Gasteiger partial charge in [0, 0.05) is 11.5 Å². The molecule has 0 aromatic carbocycles. The number of ether oxygens (including phenoxy) is 1. The lowest BCUT2D eigenvalue weighted by Crippen LogP contribution is -2.55. The van der Waals surface area contributed by atoms with Crippen LogP contribution in [-0.2, 0) is 14.3 Å². The summed E-state index contributed by atoms with van der Waals surface area (Å²) in [5.74, 6) is -0.788. The Labute approximate surface area is 148 Å². The third kappa shape index (κ3) is 2.87. The summed E-state index contributed by atoms with van der Waals surface area (Å²) in [5.41, 5.74) is 1.78. The maximum absolute atomic E-state index is 12.7. The molecule has 0 aromatic heterocycles. The van der Waals surface area contributed by atoms with Crippen molar-refractivity contribution in [2.45, 2.75) is 72.2 Å². The molecule has 0 saturated heterocycles. The number of hydrogen-bond donors (Lipinski definition) is 2. The van der Waals surface area contributed by atoms with Crippen LogP contribution in [-0.4, -0.2) is 34.4 Å². The fourth-order valence-corrected chi connectivity index (χ4v) is 5.53. The Morgan fingerprint density at radius 2 is 1.84 bits per heavy atom. The van der Waals surface area contributed by atoms with Crippen LogP contribution in [0.15, 0.2) is 22.8 Å². The molecular formula is C20H28O5. The fraction of sp³-hybridized carbons (Fsp3) is 0.700. The summed E-state index contributed by atoms with van der Waals surface area (Å²) in [6, 6.07) is 0. The Hall–Kier alpha value is -1.46. The number of carbonyl (C=O) groups is 2. The number of cyclic esters (lactones) is 1. The average Bonchev–Trinajstić information content (AvgIpc) is 2.81. The molecular weight excluding hydrogens is 320 g/mol. The van der Waals surface area contributed by atoms with E-state index in [0.29, 0.717) is 24.0 Å². The molecule has 2 N–H and O–H groups in total. The van der Waals surface area contributed by atoms with Gasteiger partial charge in [0.05, 0.1) is 0 Å². The van der Waals surface area contributed by atoms with E-state index in [9.17, 15) is 19.8 Å². The molecule has 1 heterocycles. The molecule has 5 nitrogen and oxygen atoms in total. The monoisotopic (exact) mass is 348 g/mol. The van der Waals surface area contributed by atoms with Crippen molar-refractivity contribution in [1.29, 1.82) is 0 Å². The van der Waals surface area contributed by atoms with Crippen LogP contribution in [0.4, 0.5) is 0 Å². The molecule has 138 valence electrons. The molecule has 3 rings (SSSR count). The summed E-state index contributed by atoms with van der Waals surface area (Å²) >= 11 is 0. The summed E-state index contributed by atoms with van der Waals surface area (Å²) in [7, 11) is 0. The van der Waals surface area contributed by atoms with Crippen LogP contribution in [0.25, 0.3) is 0 Å². The van der Waals surface area contributed by atoms with Gasteiger partial charge in [0.2, 0.25) is 6.29 Å². The van der Waals surface area contributed by atoms with Gasteiger partial charge in [0.25, 0.3) is 0 Å². The largest absolute Gasteiger partial charge is 0.429 e. The van der Waals surface area contributed by atoms with Gasteiger partial charge in [-0.15, -0.1) is 0 Å². The molecule has 0 amide bonds. The average molecular weight is 348 g/mol. The SMILES string of the molecule is CC1=C(CCC2=C[C@@H](O)OC2=O)[C@@]2(C)CCCC(C)(C)[C@@H]2[C@H](O)C1=O. The first kappa shape index (κ1) is 18.3. The molecule has 5 heteroatoms. The molecule has 0 unspecified atom stereocenters. The summed E-state index contributed by atoms with van der Waals surface area (Å²) in [5, 5.41) is 20.1. The molecule has 1 saturated carbocycles. The van der Waals surface area contributed by atoms with E-state index in [1.165, 1.54) is 6.08 Å². The van der Waals surface area contributed by atoms with Crippen LogP contribution < -0.4 is 0 Å². The lowest BCUT2D eigenvalue weighted by molar-refractivity contribution is -0.151. The third-order valence-corrected chi connectivity index (χ3v) is 6.62. The van der Waals surface area contributed by atoms with Gasteiger partial charge in [0.15, 0.2) is 5.78 Å². The topological polar surface area (TPSA) is 83.8 Å². The van der Waals surface area contributed by atoms with Crippen molar-refractivity contribution in [2.24, 2.45) is 16.7 Å². The number of allylic oxidation sites excluding steroid dienone is 1. The van der Waals surface area contributed by atoms with E-state index in [1.54, 1.807) is 6.92 Å². The summed E-state index contributed by atoms with van der Waals surface area (Å²) in [6.07, 6.45) is 3.31. The van der Waals surface area contributed by atoms with Crippen LogP contribution in [0, 0.1) is 16.7 Å². The smallest absolute Gasteiger partial charge is 0.336 e. The number of rotatable bonds is 3. The number of ketones is 1. The van der Waals surface area contributed by atoms with Gasteiger partial charge in [-0.2, -0.15) is 0 Å². The van der Waals surface area contributed by atoms with Crippen molar-refractivity contribution in [1.82, 2.24) is 0 Å². The molecule has 4 atom stereocenters. The van der Waals surface area contributed by atoms with Crippen LogP contribution in [0.1, 0.15) is 59.8 Å². The van der Waals surface area contributed by atoms with Gasteiger partial charge >= 0.3 is 5.97 Å². The minimum atomic E-state index is -1.16. The maximum atomic E-state index is 12.7. The number of aliphatic hydroxyl groups is 2. The first-order valence-electron chi connectivity index (χ1n) is 9.10. The standard InChI is InChI=1S/C20H28O5/c1-11-13(7-6-12-10-14(21)25-18(12)24)20(4)9-5-8-19(2,3)17(20)16(23)15(11)22/h10,14,16-17,21,23H,5-9H2,1-4H3/t14-,16+,17-,20+/m0/s1. The van der Waals surface area contributed by atoms with Crippen LogP contribution >= 0.6 is 0 Å². The summed E-state index contributed by atoms with van der Waals surface area (Å²) in [4.78, 5) is 24.4. The number of carbonyl (C=O) groups excluding carboxylic acids is 2. The summed E-state index contributed by atoms with van der Waals surface area (Å²) in [6.45, 7) is 8.22. The molecule has 0 radical (unpaired) electrons. The van der Waals surface area contributed by atoms with Crippen molar-refractivity contribution in [3.05, 3.63) is 22.8 Å². The molecule has 0 aromatic rings. The van der Waals surface area contributed by atoms with Gasteiger partial charge in [-0.1, -0.05) is 32.8 Å². The van der Waals surface area contributed by atoms with Crippen LogP contribution in [0.3, 0.4) is 0 Å². The molecule has 0 spiro atoms. The molecule has 1 fully saturated rings. The highest BCUT2D eigenvalue weighted by molar-refractivity contribution is 6.00. The van der Waals surface area contributed by atoms with Crippen LogP contribution in [0.2, 0.25) is 0 Å². The second-order valence-electron chi connectivity index (χ2n) is 8.64. The maximum Gasteiger partial charge on any atom is 0.336 e. The number of Topliss-reactive ketones (excluding diaryl/α,β-unsaturated/α-hetero) is 1. The molecule has 0 bridgehead atoms. The number of fused-ring (bicyclic) bond motifs is 1. The first-order valence-corrected chi connectivity index (χ1v) is 9.10. The second kappa shape index (κ2) is 6.06. The van der Waals surface area contributed by atoms with Gasteiger partial charge in [-0.3, -0.25) is 4.79 Å². The van der Waals surface area contributed by atoms with Crippen LogP contribution in [0.5, 0.6) is 0 Å². The zero-order valence-corrected chi connectivity index (χ0v) is 15.5. The Bertz CT molecular complexity index is 672. The second-order valence-corrected chi connectivity index (χ2v) is 8.64. The lowest BCUT2D eigenvalue weighted by Gasteiger charge is -2.56. The lowest BCUT2D eigenvalue weighted by atomic mass is 9.48. The van der Waals surface area contributed by atoms with E-state index in [0.717, 1.165) is 24.8 Å². The Morgan fingerprint density at radius 3 is 2.44 bits per heavy atom. The highest BCUT2D eigenvalue weighted by atomic mass is 16.6. The Balaban J connectivity index is 1.94. The van der Waals surface area contributed by atoms with Gasteiger partial charge in [0.1, 0.15) is 6.10 Å². The van der Waals surface area contributed by atoms with E-state index in [-0.39, 0.29) is 22.5 Å². The quantitative estimate of drug-likeness (QED) is 0.766. The van der Waals surface area contributed by atoms with Crippen molar-refractivity contribution in [2.75, 3.05) is 0 Å². The highest BCUT2D eigenvalue weighted by Gasteiger charge is 2.56.